The number of nitrogens with zero attached hydrogens (tertiary/aromatic N) is 3. The SMILES string of the molecule is CCN(CC)c1ccc(N2CC=C[C@]34S[C@H]5/C=C\CCCCOC(=O)[C@H]5[C@H]3C(=O)N(CCCCCCO)C4C2=O)cc1. The molecule has 2 amide bonds. The molecule has 4 heterocycles. The predicted molar refractivity (Wildman–Crippen MR) is 168 cm³/mol. The van der Waals surface area contributed by atoms with E-state index in [0.29, 0.717) is 19.7 Å². The van der Waals surface area contributed by atoms with Gasteiger partial charge in [-0.3, -0.25) is 14.4 Å². The topological polar surface area (TPSA) is 90.4 Å². The minimum atomic E-state index is -0.845. The van der Waals surface area contributed by atoms with Crippen LogP contribution in [0.1, 0.15) is 58.8 Å². The van der Waals surface area contributed by atoms with Gasteiger partial charge in [-0.2, -0.15) is 0 Å². The molecule has 4 aliphatic heterocycles. The summed E-state index contributed by atoms with van der Waals surface area (Å²) in [7, 11) is 0. The number of aliphatic hydroxyl groups is 1. The zero-order valence-corrected chi connectivity index (χ0v) is 25.8. The van der Waals surface area contributed by atoms with E-state index in [1.807, 2.05) is 18.2 Å². The van der Waals surface area contributed by atoms with Crippen molar-refractivity contribution in [2.75, 3.05) is 49.2 Å². The summed E-state index contributed by atoms with van der Waals surface area (Å²) in [6.07, 6.45) is 14.1. The highest BCUT2D eigenvalue weighted by molar-refractivity contribution is 8.02. The van der Waals surface area contributed by atoms with E-state index in [4.69, 9.17) is 4.74 Å². The number of rotatable bonds is 10. The molecule has 0 saturated carbocycles. The molecule has 5 atom stereocenters. The zero-order valence-electron chi connectivity index (χ0n) is 25.0. The fourth-order valence-corrected chi connectivity index (χ4v) is 9.07. The first kappa shape index (κ1) is 30.7. The van der Waals surface area contributed by atoms with Crippen LogP contribution >= 0.6 is 11.8 Å². The third-order valence-electron chi connectivity index (χ3n) is 9.20. The second kappa shape index (κ2) is 13.7. The minimum absolute atomic E-state index is 0.102. The van der Waals surface area contributed by atoms with Gasteiger partial charge < -0.3 is 24.5 Å². The predicted octanol–water partition coefficient (Wildman–Crippen LogP) is 4.57. The van der Waals surface area contributed by atoms with Gasteiger partial charge in [-0.1, -0.05) is 37.1 Å². The van der Waals surface area contributed by atoms with E-state index in [9.17, 15) is 19.5 Å². The number of thioether (sulfide) groups is 1. The Morgan fingerprint density at radius 3 is 2.50 bits per heavy atom. The molecule has 1 unspecified atom stereocenters. The molecular weight excluding hydrogens is 550 g/mol. The quantitative estimate of drug-likeness (QED) is 0.241. The number of hydrogen-bond acceptors (Lipinski definition) is 7. The van der Waals surface area contributed by atoms with E-state index < -0.39 is 22.6 Å². The number of amides is 2. The zero-order chi connectivity index (χ0) is 29.7. The van der Waals surface area contributed by atoms with Crippen LogP contribution in [0.25, 0.3) is 0 Å². The van der Waals surface area contributed by atoms with Gasteiger partial charge in [0, 0.05) is 49.4 Å². The van der Waals surface area contributed by atoms with Gasteiger partial charge >= 0.3 is 5.97 Å². The minimum Gasteiger partial charge on any atom is -0.465 e. The van der Waals surface area contributed by atoms with Crippen molar-refractivity contribution >= 4 is 40.9 Å². The van der Waals surface area contributed by atoms with Crippen molar-refractivity contribution in [1.82, 2.24) is 4.90 Å². The Labute approximate surface area is 254 Å². The molecule has 1 aromatic carbocycles. The van der Waals surface area contributed by atoms with Crippen molar-refractivity contribution < 1.29 is 24.2 Å². The lowest BCUT2D eigenvalue weighted by Crippen LogP contribution is -2.53. The molecule has 2 fully saturated rings. The molecule has 228 valence electrons. The summed E-state index contributed by atoms with van der Waals surface area (Å²) in [5.74, 6) is -1.84. The number of unbranched alkanes of at least 4 members (excludes halogenated alkanes) is 3. The lowest BCUT2D eigenvalue weighted by molar-refractivity contribution is -0.153. The molecule has 2 saturated heterocycles. The highest BCUT2D eigenvalue weighted by Crippen LogP contribution is 2.60. The Morgan fingerprint density at radius 1 is 1.00 bits per heavy atom. The Kier molecular flexibility index (Phi) is 9.99. The fourth-order valence-electron chi connectivity index (χ4n) is 7.07. The number of benzene rings is 1. The Balaban J connectivity index is 1.50. The molecule has 0 bridgehead atoms. The number of anilines is 2. The van der Waals surface area contributed by atoms with Crippen LogP contribution in [0.15, 0.2) is 48.6 Å². The molecule has 0 aromatic heterocycles. The van der Waals surface area contributed by atoms with Crippen molar-refractivity contribution in [3.05, 3.63) is 48.6 Å². The van der Waals surface area contributed by atoms with Crippen molar-refractivity contribution in [2.45, 2.75) is 74.8 Å². The molecule has 4 aliphatic rings. The van der Waals surface area contributed by atoms with Gasteiger partial charge in [0.15, 0.2) is 0 Å². The third-order valence-corrected chi connectivity index (χ3v) is 10.9. The van der Waals surface area contributed by atoms with Crippen molar-refractivity contribution in [3.63, 3.8) is 0 Å². The van der Waals surface area contributed by atoms with Crippen LogP contribution in [0, 0.1) is 11.8 Å². The number of carbonyl (C=O) groups is 3. The maximum atomic E-state index is 14.6. The molecule has 0 aliphatic carbocycles. The number of likely N-dealkylation sites (tertiary alicyclic amines) is 1. The van der Waals surface area contributed by atoms with Crippen LogP contribution in [-0.2, 0) is 19.1 Å². The van der Waals surface area contributed by atoms with E-state index in [1.54, 1.807) is 21.6 Å². The summed E-state index contributed by atoms with van der Waals surface area (Å²) in [6.45, 7) is 7.42. The number of carbonyl (C=O) groups excluding carboxylic acids is 3. The smallest absolute Gasteiger partial charge is 0.311 e. The third kappa shape index (κ3) is 5.74. The van der Waals surface area contributed by atoms with E-state index in [2.05, 4.69) is 49.1 Å². The number of allylic oxidation sites excluding steroid dienone is 1. The van der Waals surface area contributed by atoms with Crippen LogP contribution in [0.5, 0.6) is 0 Å². The van der Waals surface area contributed by atoms with Gasteiger partial charge in [-0.15, -0.1) is 11.8 Å². The van der Waals surface area contributed by atoms with Crippen molar-refractivity contribution in [1.29, 1.82) is 0 Å². The number of fused-ring (bicyclic) bond motifs is 2. The molecule has 0 radical (unpaired) electrons. The maximum absolute atomic E-state index is 14.6. The van der Waals surface area contributed by atoms with E-state index in [1.165, 1.54) is 0 Å². The highest BCUT2D eigenvalue weighted by atomic mass is 32.2. The van der Waals surface area contributed by atoms with Gasteiger partial charge in [0.05, 0.1) is 23.2 Å². The van der Waals surface area contributed by atoms with Gasteiger partial charge in [0.25, 0.3) is 5.91 Å². The summed E-state index contributed by atoms with van der Waals surface area (Å²) < 4.78 is 4.87. The van der Waals surface area contributed by atoms with Gasteiger partial charge in [0.1, 0.15) is 6.04 Å². The Bertz CT molecular complexity index is 1180. The number of hydrogen-bond donors (Lipinski definition) is 1. The number of ether oxygens (including phenoxy) is 1. The first-order chi connectivity index (χ1) is 20.5. The Morgan fingerprint density at radius 2 is 1.76 bits per heavy atom. The first-order valence-corrected chi connectivity index (χ1v) is 16.6. The molecule has 1 N–H and O–H groups in total. The second-order valence-corrected chi connectivity index (χ2v) is 13.1. The van der Waals surface area contributed by atoms with Crippen molar-refractivity contribution in [3.8, 4) is 0 Å². The molecule has 5 rings (SSSR count). The average Bonchev–Trinajstić information content (AvgIpc) is 3.38. The maximum Gasteiger partial charge on any atom is 0.311 e. The number of esters is 1. The average molecular weight is 596 g/mol. The van der Waals surface area contributed by atoms with Crippen LogP contribution in [0.4, 0.5) is 11.4 Å². The molecule has 1 aromatic rings. The summed E-state index contributed by atoms with van der Waals surface area (Å²) >= 11 is 1.60. The monoisotopic (exact) mass is 595 g/mol. The van der Waals surface area contributed by atoms with Gasteiger partial charge in [-0.25, -0.2) is 0 Å². The van der Waals surface area contributed by atoms with Crippen LogP contribution < -0.4 is 9.80 Å². The van der Waals surface area contributed by atoms with Crippen LogP contribution in [-0.4, -0.2) is 83.2 Å². The van der Waals surface area contributed by atoms with Gasteiger partial charge in [-0.05, 0) is 70.2 Å². The lowest BCUT2D eigenvalue weighted by Gasteiger charge is -2.35. The lowest BCUT2D eigenvalue weighted by atomic mass is 9.78. The van der Waals surface area contributed by atoms with E-state index in [0.717, 1.165) is 69.4 Å². The Hall–Kier alpha value is -2.78. The molecule has 8 nitrogen and oxygen atoms in total. The summed E-state index contributed by atoms with van der Waals surface area (Å²) in [5, 5.41) is 8.97. The molecular formula is C33H45N3O5S. The standard InChI is InChI=1S/C33H45N3O5S/c1-3-34(4-2)24-15-17-25(18-16-24)35-21-13-19-33-28(27-26(42-33)14-9-5-8-12-23-41-32(27)40)30(38)36(29(33)31(35)39)20-10-6-7-11-22-37/h9,13-19,26-29,37H,3-8,10-12,20-23H2,1-2H3/b14-9-/t26-,27+,28-,29?,33-/m0/s1. The van der Waals surface area contributed by atoms with E-state index >= 15 is 0 Å². The van der Waals surface area contributed by atoms with Crippen LogP contribution in [0.2, 0.25) is 0 Å². The number of aliphatic hydroxyl groups excluding tert-OH is 1. The summed E-state index contributed by atoms with van der Waals surface area (Å²) in [6, 6.07) is 7.39. The summed E-state index contributed by atoms with van der Waals surface area (Å²) in [5.41, 5.74) is 1.91. The highest BCUT2D eigenvalue weighted by Gasteiger charge is 2.70. The largest absolute Gasteiger partial charge is 0.465 e. The van der Waals surface area contributed by atoms with E-state index in [-0.39, 0.29) is 29.6 Å². The van der Waals surface area contributed by atoms with Crippen LogP contribution in [0.3, 0.4) is 0 Å². The number of cyclic esters (lactones) is 1. The van der Waals surface area contributed by atoms with Gasteiger partial charge in [0.2, 0.25) is 5.91 Å². The molecule has 42 heavy (non-hydrogen) atoms. The second-order valence-electron chi connectivity index (χ2n) is 11.6. The normalized spacial score (nSPS) is 29.9. The summed E-state index contributed by atoms with van der Waals surface area (Å²) in [4.78, 5) is 48.3. The van der Waals surface area contributed by atoms with Crippen molar-refractivity contribution in [2.24, 2.45) is 11.8 Å². The fraction of sp³-hybridized carbons (Fsp3) is 0.606. The first-order valence-electron chi connectivity index (χ1n) is 15.7. The molecule has 9 heteroatoms. The molecule has 1 spiro atoms.